The lowest BCUT2D eigenvalue weighted by Gasteiger charge is -2.28. The van der Waals surface area contributed by atoms with E-state index in [0.29, 0.717) is 0 Å². The number of unbranched alkanes of at least 4 members (excludes halogenated alkanes) is 2. The fourth-order valence-electron chi connectivity index (χ4n) is 7.44. The van der Waals surface area contributed by atoms with E-state index in [2.05, 4.69) is 122 Å². The van der Waals surface area contributed by atoms with E-state index in [0.717, 1.165) is 100 Å². The van der Waals surface area contributed by atoms with Crippen LogP contribution in [0.25, 0.3) is 21.8 Å². The van der Waals surface area contributed by atoms with Gasteiger partial charge in [-0.15, -0.1) is 0 Å². The van der Waals surface area contributed by atoms with Gasteiger partial charge >= 0.3 is 0 Å². The van der Waals surface area contributed by atoms with Gasteiger partial charge in [-0.05, 0) is 90.8 Å². The summed E-state index contributed by atoms with van der Waals surface area (Å²) in [5.41, 5.74) is 9.28. The van der Waals surface area contributed by atoms with E-state index in [9.17, 15) is 0 Å². The summed E-state index contributed by atoms with van der Waals surface area (Å²) in [5, 5.41) is 12.1. The van der Waals surface area contributed by atoms with Crippen LogP contribution in [0, 0.1) is 0 Å². The quantitative estimate of drug-likeness (QED) is 0.0405. The van der Waals surface area contributed by atoms with Gasteiger partial charge in [-0.25, -0.2) is 9.98 Å². The molecule has 0 aliphatic carbocycles. The number of fused-ring (bicyclic) bond motifs is 2. The first kappa shape index (κ1) is 37.0. The van der Waals surface area contributed by atoms with Crippen molar-refractivity contribution in [3.05, 3.63) is 162 Å². The molecular formula is C45H48N8S. The Hall–Kier alpha value is -5.31. The van der Waals surface area contributed by atoms with Gasteiger partial charge in [0.05, 0.1) is 33.6 Å². The molecule has 2 aromatic carbocycles. The van der Waals surface area contributed by atoms with E-state index < -0.39 is 0 Å². The smallest absolute Gasteiger partial charge is 0.0757 e. The van der Waals surface area contributed by atoms with Crippen LogP contribution in [0.5, 0.6) is 0 Å². The number of pyridine rings is 3. The van der Waals surface area contributed by atoms with Crippen LogP contribution in [0.2, 0.25) is 0 Å². The van der Waals surface area contributed by atoms with Crippen molar-refractivity contribution in [2.75, 3.05) is 26.2 Å². The molecule has 0 fully saturated rings. The molecule has 2 aliphatic heterocycles. The number of thiocarbonyl (C=S) groups is 1. The Morgan fingerprint density at radius 3 is 2.09 bits per heavy atom. The molecule has 0 saturated heterocycles. The average molecular weight is 733 g/mol. The maximum atomic E-state index is 5.62. The highest BCUT2D eigenvalue weighted by atomic mass is 32.1. The molecule has 0 bridgehead atoms. The number of isothiocyanates is 1. The van der Waals surface area contributed by atoms with Gasteiger partial charge in [0, 0.05) is 81.2 Å². The predicted octanol–water partition coefficient (Wildman–Crippen LogP) is 8.08. The lowest BCUT2D eigenvalue weighted by atomic mass is 9.94. The fourth-order valence-corrected chi connectivity index (χ4v) is 7.53. The molecule has 0 spiro atoms. The van der Waals surface area contributed by atoms with E-state index in [4.69, 9.17) is 27.2 Å². The molecule has 1 atom stereocenters. The van der Waals surface area contributed by atoms with Gasteiger partial charge in [-0.2, -0.15) is 0 Å². The third kappa shape index (κ3) is 10.0. The molecule has 3 aromatic heterocycles. The highest BCUT2D eigenvalue weighted by molar-refractivity contribution is 7.78. The van der Waals surface area contributed by atoms with Gasteiger partial charge in [0.25, 0.3) is 0 Å². The lowest BCUT2D eigenvalue weighted by molar-refractivity contribution is 0.241. The largest absolute Gasteiger partial charge is 0.384 e. The van der Waals surface area contributed by atoms with Crippen LogP contribution < -0.4 is 10.6 Å². The number of aromatic nitrogens is 3. The number of aryl methyl sites for hydroxylation is 1. The van der Waals surface area contributed by atoms with Crippen LogP contribution in [0.3, 0.4) is 0 Å². The molecular weight excluding hydrogens is 685 g/mol. The van der Waals surface area contributed by atoms with Gasteiger partial charge in [0.2, 0.25) is 0 Å². The SMILES string of the molecule is S=C=NCCCCCc1c2cccc(CN(CC3=CC=CCN3)Cc3ccccn3)c2nc2c(CN(Cc3ccccn3)CC3C=CC=CN3)cccc12. The number of benzene rings is 2. The molecule has 7 rings (SSSR count). The standard InChI is InChI=1S/C45H48N8S/c54-34-46-23-7-1-2-20-41-42-21-12-14-35(28-52(30-37-16-3-8-24-47-37)31-38-17-4-9-25-48-38)44(42)51-45-36(15-13-22-43(41)45)29-53(32-39-18-5-10-26-49-39)33-40-19-6-11-27-50-40/h3-6,8-19,21-22,24-26,37,47,50H,1-2,7,20,23,27-33H2. The number of allylic oxidation sites excluding steroid dienone is 4. The van der Waals surface area contributed by atoms with E-state index in [1.165, 1.54) is 33.2 Å². The van der Waals surface area contributed by atoms with Crippen molar-refractivity contribution in [3.63, 3.8) is 0 Å². The molecule has 5 aromatic rings. The number of nitrogens with zero attached hydrogens (tertiary/aromatic N) is 6. The monoisotopic (exact) mass is 732 g/mol. The normalized spacial score (nSPS) is 15.0. The predicted molar refractivity (Wildman–Crippen MR) is 224 cm³/mol. The summed E-state index contributed by atoms with van der Waals surface area (Å²) < 4.78 is 0. The molecule has 5 heterocycles. The zero-order valence-corrected chi connectivity index (χ0v) is 31.6. The Morgan fingerprint density at radius 1 is 0.741 bits per heavy atom. The third-order valence-electron chi connectivity index (χ3n) is 9.98. The number of dihydropyridines is 2. The van der Waals surface area contributed by atoms with Gasteiger partial charge in [-0.3, -0.25) is 19.8 Å². The Kier molecular flexibility index (Phi) is 13.1. The summed E-state index contributed by atoms with van der Waals surface area (Å²) in [6.07, 6.45) is 22.8. The van der Waals surface area contributed by atoms with Crippen molar-refractivity contribution in [1.82, 2.24) is 35.4 Å². The molecule has 0 amide bonds. The van der Waals surface area contributed by atoms with Crippen LogP contribution in [0.4, 0.5) is 0 Å². The Bertz CT molecular complexity index is 2170. The fraction of sp³-hybridized carbons (Fsp3) is 0.289. The Balaban J connectivity index is 1.28. The molecule has 2 N–H and O–H groups in total. The van der Waals surface area contributed by atoms with Crippen molar-refractivity contribution < 1.29 is 0 Å². The number of para-hydroxylation sites is 2. The highest BCUT2D eigenvalue weighted by Gasteiger charge is 2.20. The molecule has 0 saturated carbocycles. The summed E-state index contributed by atoms with van der Waals surface area (Å²) in [4.78, 5) is 24.1. The van der Waals surface area contributed by atoms with Crippen LogP contribution in [0.1, 0.15) is 47.3 Å². The summed E-state index contributed by atoms with van der Waals surface area (Å²) >= 11 is 4.80. The van der Waals surface area contributed by atoms with Gasteiger partial charge < -0.3 is 10.6 Å². The first-order valence-electron chi connectivity index (χ1n) is 19.0. The van der Waals surface area contributed by atoms with Gasteiger partial charge in [-0.1, -0.05) is 79.3 Å². The molecule has 54 heavy (non-hydrogen) atoms. The second kappa shape index (κ2) is 19.1. The maximum absolute atomic E-state index is 5.62. The van der Waals surface area contributed by atoms with E-state index in [1.807, 2.05) is 36.8 Å². The molecule has 2 aliphatic rings. The van der Waals surface area contributed by atoms with Crippen molar-refractivity contribution >= 4 is 39.2 Å². The third-order valence-corrected chi connectivity index (χ3v) is 10.1. The number of hydrogen-bond acceptors (Lipinski definition) is 9. The van der Waals surface area contributed by atoms with Crippen LogP contribution in [0.15, 0.2) is 139 Å². The maximum Gasteiger partial charge on any atom is 0.0757 e. The minimum atomic E-state index is 0.210. The zero-order valence-electron chi connectivity index (χ0n) is 30.8. The van der Waals surface area contributed by atoms with Crippen molar-refractivity contribution in [3.8, 4) is 0 Å². The highest BCUT2D eigenvalue weighted by Crippen LogP contribution is 2.32. The minimum absolute atomic E-state index is 0.210. The topological polar surface area (TPSA) is 81.6 Å². The molecule has 8 nitrogen and oxygen atoms in total. The zero-order chi connectivity index (χ0) is 36.8. The second-order valence-corrected chi connectivity index (χ2v) is 14.2. The summed E-state index contributed by atoms with van der Waals surface area (Å²) in [5.74, 6) is 0. The molecule has 9 heteroatoms. The van der Waals surface area contributed by atoms with E-state index >= 15 is 0 Å². The Morgan fingerprint density at radius 2 is 1.46 bits per heavy atom. The van der Waals surface area contributed by atoms with Gasteiger partial charge in [0.1, 0.15) is 0 Å². The average Bonchev–Trinajstić information content (AvgIpc) is 3.21. The van der Waals surface area contributed by atoms with Crippen molar-refractivity contribution in [1.29, 1.82) is 0 Å². The van der Waals surface area contributed by atoms with E-state index in [-0.39, 0.29) is 6.04 Å². The molecule has 0 radical (unpaired) electrons. The van der Waals surface area contributed by atoms with Crippen LogP contribution in [-0.2, 0) is 32.6 Å². The first-order chi connectivity index (χ1) is 26.7. The summed E-state index contributed by atoms with van der Waals surface area (Å²) in [6, 6.07) is 26.0. The minimum Gasteiger partial charge on any atom is -0.384 e. The molecule has 1 unspecified atom stereocenters. The van der Waals surface area contributed by atoms with Gasteiger partial charge in [0.15, 0.2) is 0 Å². The number of nitrogens with one attached hydrogen (secondary N) is 2. The van der Waals surface area contributed by atoms with Crippen molar-refractivity contribution in [2.45, 2.75) is 57.9 Å². The summed E-state index contributed by atoms with van der Waals surface area (Å²) in [6.45, 7) is 6.16. The van der Waals surface area contributed by atoms with Crippen LogP contribution in [-0.4, -0.2) is 62.1 Å². The van der Waals surface area contributed by atoms with E-state index in [1.54, 1.807) is 0 Å². The van der Waals surface area contributed by atoms with Crippen molar-refractivity contribution in [2.24, 2.45) is 4.99 Å². The summed E-state index contributed by atoms with van der Waals surface area (Å²) in [7, 11) is 0. The second-order valence-electron chi connectivity index (χ2n) is 14.0. The Labute approximate surface area is 324 Å². The van der Waals surface area contributed by atoms with Crippen LogP contribution >= 0.6 is 12.2 Å². The number of hydrogen-bond donors (Lipinski definition) is 2. The number of rotatable bonds is 18. The molecule has 274 valence electrons. The lowest BCUT2D eigenvalue weighted by Crippen LogP contribution is -2.38. The number of aliphatic imine (C=N–C) groups is 1. The first-order valence-corrected chi connectivity index (χ1v) is 19.4.